The van der Waals surface area contributed by atoms with Crippen LogP contribution < -0.4 is 5.32 Å². The Hall–Kier alpha value is -0.850. The van der Waals surface area contributed by atoms with Gasteiger partial charge in [-0.1, -0.05) is 20.8 Å². The summed E-state index contributed by atoms with van der Waals surface area (Å²) in [4.78, 5) is 4.62. The standard InChI is InChI=1S/C13H20N2S/c1-6-7-10(2)14-8-11-9-16-12(15-11)13(3,4)5/h1,9-10,14H,7-8H2,2-5H3. The molecule has 0 aliphatic heterocycles. The minimum Gasteiger partial charge on any atom is -0.308 e. The Balaban J connectivity index is 2.51. The third-order valence-electron chi connectivity index (χ3n) is 2.25. The Kier molecular flexibility index (Phi) is 4.52. The van der Waals surface area contributed by atoms with E-state index in [1.54, 1.807) is 11.3 Å². The summed E-state index contributed by atoms with van der Waals surface area (Å²) in [5, 5.41) is 6.68. The molecule has 1 N–H and O–H groups in total. The van der Waals surface area contributed by atoms with Crippen LogP contribution in [0.4, 0.5) is 0 Å². The fourth-order valence-corrected chi connectivity index (χ4v) is 2.17. The summed E-state index contributed by atoms with van der Waals surface area (Å²) >= 11 is 1.73. The van der Waals surface area contributed by atoms with Crippen LogP contribution in [0.5, 0.6) is 0 Å². The molecule has 0 saturated heterocycles. The van der Waals surface area contributed by atoms with Crippen molar-refractivity contribution in [2.75, 3.05) is 0 Å². The van der Waals surface area contributed by atoms with Gasteiger partial charge in [-0.05, 0) is 6.92 Å². The molecule has 0 bridgehead atoms. The van der Waals surface area contributed by atoms with E-state index in [4.69, 9.17) is 6.42 Å². The van der Waals surface area contributed by atoms with Gasteiger partial charge in [0.15, 0.2) is 0 Å². The summed E-state index contributed by atoms with van der Waals surface area (Å²) in [5.41, 5.74) is 1.26. The van der Waals surface area contributed by atoms with Gasteiger partial charge in [-0.3, -0.25) is 0 Å². The zero-order chi connectivity index (χ0) is 12.2. The largest absolute Gasteiger partial charge is 0.308 e. The summed E-state index contributed by atoms with van der Waals surface area (Å²) in [5.74, 6) is 2.65. The van der Waals surface area contributed by atoms with E-state index >= 15 is 0 Å². The van der Waals surface area contributed by atoms with Gasteiger partial charge in [0.05, 0.1) is 10.7 Å². The molecule has 0 fully saturated rings. The Morgan fingerprint density at radius 2 is 2.25 bits per heavy atom. The first-order chi connectivity index (χ1) is 7.43. The van der Waals surface area contributed by atoms with Crippen LogP contribution in [0.25, 0.3) is 0 Å². The van der Waals surface area contributed by atoms with Crippen molar-refractivity contribution in [1.82, 2.24) is 10.3 Å². The molecule has 2 nitrogen and oxygen atoms in total. The first kappa shape index (κ1) is 13.2. The van der Waals surface area contributed by atoms with E-state index in [1.165, 1.54) is 5.01 Å². The molecule has 3 heteroatoms. The first-order valence-electron chi connectivity index (χ1n) is 5.55. The van der Waals surface area contributed by atoms with Gasteiger partial charge in [-0.2, -0.15) is 0 Å². The molecule has 0 aliphatic carbocycles. The predicted molar refractivity (Wildman–Crippen MR) is 70.6 cm³/mol. The Bertz CT molecular complexity index is 368. The van der Waals surface area contributed by atoms with Crippen LogP contribution in [0.3, 0.4) is 0 Å². The Morgan fingerprint density at radius 3 is 2.75 bits per heavy atom. The molecule has 1 unspecified atom stereocenters. The predicted octanol–water partition coefficient (Wildman–Crippen LogP) is 2.94. The maximum absolute atomic E-state index is 5.26. The number of hydrogen-bond acceptors (Lipinski definition) is 3. The van der Waals surface area contributed by atoms with Crippen LogP contribution in [0, 0.1) is 12.3 Å². The van der Waals surface area contributed by atoms with E-state index in [-0.39, 0.29) is 5.41 Å². The highest BCUT2D eigenvalue weighted by atomic mass is 32.1. The Labute approximate surface area is 102 Å². The first-order valence-corrected chi connectivity index (χ1v) is 6.43. The van der Waals surface area contributed by atoms with Crippen molar-refractivity contribution in [3.8, 4) is 12.3 Å². The number of terminal acetylenes is 1. The molecule has 1 atom stereocenters. The lowest BCUT2D eigenvalue weighted by Gasteiger charge is -2.13. The molecule has 88 valence electrons. The number of rotatable bonds is 4. The van der Waals surface area contributed by atoms with Gasteiger partial charge in [-0.15, -0.1) is 23.7 Å². The van der Waals surface area contributed by atoms with Crippen LogP contribution in [-0.2, 0) is 12.0 Å². The molecule has 16 heavy (non-hydrogen) atoms. The van der Waals surface area contributed by atoms with Gasteiger partial charge < -0.3 is 5.32 Å². The fourth-order valence-electron chi connectivity index (χ4n) is 1.26. The van der Waals surface area contributed by atoms with Gasteiger partial charge in [0.25, 0.3) is 0 Å². The van der Waals surface area contributed by atoms with Gasteiger partial charge in [0.1, 0.15) is 0 Å². The SMILES string of the molecule is C#CCC(C)NCc1csc(C(C)(C)C)n1. The highest BCUT2D eigenvalue weighted by Gasteiger charge is 2.17. The lowest BCUT2D eigenvalue weighted by atomic mass is 9.98. The summed E-state index contributed by atoms with van der Waals surface area (Å²) in [6.07, 6.45) is 6.02. The monoisotopic (exact) mass is 236 g/mol. The molecule has 0 amide bonds. The summed E-state index contributed by atoms with van der Waals surface area (Å²) in [6.45, 7) is 9.45. The maximum Gasteiger partial charge on any atom is 0.0982 e. The van der Waals surface area contributed by atoms with Crippen molar-refractivity contribution >= 4 is 11.3 Å². The number of nitrogens with one attached hydrogen (secondary N) is 1. The second-order valence-corrected chi connectivity index (χ2v) is 5.94. The van der Waals surface area contributed by atoms with Crippen molar-refractivity contribution in [3.63, 3.8) is 0 Å². The molecule has 0 aliphatic rings. The fraction of sp³-hybridized carbons (Fsp3) is 0.615. The Morgan fingerprint density at radius 1 is 1.56 bits per heavy atom. The quantitative estimate of drug-likeness (QED) is 0.813. The lowest BCUT2D eigenvalue weighted by Crippen LogP contribution is -2.25. The van der Waals surface area contributed by atoms with Crippen molar-refractivity contribution < 1.29 is 0 Å². The molecule has 1 rings (SSSR count). The molecule has 0 saturated carbocycles. The second-order valence-electron chi connectivity index (χ2n) is 5.08. The zero-order valence-corrected chi connectivity index (χ0v) is 11.3. The molecule has 0 aromatic carbocycles. The van der Waals surface area contributed by atoms with Crippen molar-refractivity contribution in [2.45, 2.75) is 52.1 Å². The average Bonchev–Trinajstić information content (AvgIpc) is 2.63. The maximum atomic E-state index is 5.26. The molecule has 1 aromatic heterocycles. The number of thiazole rings is 1. The van der Waals surface area contributed by atoms with E-state index in [0.717, 1.165) is 18.7 Å². The van der Waals surface area contributed by atoms with E-state index in [9.17, 15) is 0 Å². The molecule has 1 heterocycles. The van der Waals surface area contributed by atoms with Crippen molar-refractivity contribution in [2.24, 2.45) is 0 Å². The molecular formula is C13H20N2S. The third kappa shape index (κ3) is 3.96. The van der Waals surface area contributed by atoms with Crippen LogP contribution in [0.2, 0.25) is 0 Å². The normalized spacial score (nSPS) is 13.4. The van der Waals surface area contributed by atoms with Crippen molar-refractivity contribution in [3.05, 3.63) is 16.1 Å². The number of hydrogen-bond donors (Lipinski definition) is 1. The van der Waals surface area contributed by atoms with Gasteiger partial charge in [0, 0.05) is 29.8 Å². The number of aromatic nitrogens is 1. The molecule has 0 radical (unpaired) electrons. The van der Waals surface area contributed by atoms with Gasteiger partial charge in [0.2, 0.25) is 0 Å². The zero-order valence-electron chi connectivity index (χ0n) is 10.5. The van der Waals surface area contributed by atoms with E-state index in [0.29, 0.717) is 6.04 Å². The average molecular weight is 236 g/mol. The van der Waals surface area contributed by atoms with Crippen LogP contribution in [-0.4, -0.2) is 11.0 Å². The number of nitrogens with zero attached hydrogens (tertiary/aromatic N) is 1. The van der Waals surface area contributed by atoms with E-state index < -0.39 is 0 Å². The molecular weight excluding hydrogens is 216 g/mol. The summed E-state index contributed by atoms with van der Waals surface area (Å²) < 4.78 is 0. The minimum atomic E-state index is 0.146. The van der Waals surface area contributed by atoms with E-state index in [1.807, 2.05) is 0 Å². The molecule has 0 spiro atoms. The highest BCUT2D eigenvalue weighted by molar-refractivity contribution is 7.09. The minimum absolute atomic E-state index is 0.146. The van der Waals surface area contributed by atoms with Crippen LogP contribution in [0.1, 0.15) is 44.8 Å². The highest BCUT2D eigenvalue weighted by Crippen LogP contribution is 2.25. The lowest BCUT2D eigenvalue weighted by molar-refractivity contribution is 0.546. The van der Waals surface area contributed by atoms with E-state index in [2.05, 4.69) is 49.3 Å². The third-order valence-corrected chi connectivity index (χ3v) is 3.57. The summed E-state index contributed by atoms with van der Waals surface area (Å²) in [6, 6.07) is 0.352. The van der Waals surface area contributed by atoms with Crippen LogP contribution >= 0.6 is 11.3 Å². The van der Waals surface area contributed by atoms with Gasteiger partial charge in [-0.25, -0.2) is 4.98 Å². The second kappa shape index (κ2) is 5.47. The van der Waals surface area contributed by atoms with Crippen molar-refractivity contribution in [1.29, 1.82) is 0 Å². The molecule has 1 aromatic rings. The summed E-state index contributed by atoms with van der Waals surface area (Å²) in [7, 11) is 0. The smallest absolute Gasteiger partial charge is 0.0982 e. The topological polar surface area (TPSA) is 24.9 Å². The van der Waals surface area contributed by atoms with Crippen LogP contribution in [0.15, 0.2) is 5.38 Å². The van der Waals surface area contributed by atoms with Gasteiger partial charge >= 0.3 is 0 Å².